The lowest BCUT2D eigenvalue weighted by Gasteiger charge is -2.08. The average Bonchev–Trinajstić information content (AvgIpc) is 1.96. The molecule has 0 aromatic heterocycles. The second-order valence-corrected chi connectivity index (χ2v) is 2.11. The number of hydrogen-bond acceptors (Lipinski definition) is 3. The van der Waals surface area contributed by atoms with Gasteiger partial charge in [-0.1, -0.05) is 0 Å². The van der Waals surface area contributed by atoms with E-state index in [1.165, 1.54) is 0 Å². The predicted octanol–water partition coefficient (Wildman–Crippen LogP) is -0.950. The summed E-state index contributed by atoms with van der Waals surface area (Å²) in [6.07, 6.45) is -0.151. The van der Waals surface area contributed by atoms with Gasteiger partial charge in [0.2, 0.25) is 6.41 Å². The molecular formula is C6H9NO5. The quantitative estimate of drug-likeness (QED) is 0.451. The summed E-state index contributed by atoms with van der Waals surface area (Å²) in [5.74, 6) is -2.32. The van der Waals surface area contributed by atoms with Gasteiger partial charge in [0.15, 0.2) is 0 Å². The Morgan fingerprint density at radius 3 is 2.33 bits per heavy atom. The molecule has 1 amide bonds. The van der Waals surface area contributed by atoms with E-state index < -0.39 is 18.0 Å². The Morgan fingerprint density at radius 2 is 2.00 bits per heavy atom. The average molecular weight is 175 g/mol. The van der Waals surface area contributed by atoms with Crippen LogP contribution in [0.3, 0.4) is 0 Å². The van der Waals surface area contributed by atoms with Gasteiger partial charge in [0.1, 0.15) is 6.04 Å². The summed E-state index contributed by atoms with van der Waals surface area (Å²) in [5, 5.41) is 18.6. The van der Waals surface area contributed by atoms with Crippen LogP contribution < -0.4 is 5.32 Å². The molecule has 0 bridgehead atoms. The van der Waals surface area contributed by atoms with Gasteiger partial charge in [0.05, 0.1) is 0 Å². The molecule has 0 saturated carbocycles. The number of nitrogens with one attached hydrogen (secondary N) is 1. The maximum Gasteiger partial charge on any atom is 0.326 e. The maximum atomic E-state index is 10.3. The van der Waals surface area contributed by atoms with E-state index in [1.54, 1.807) is 0 Å². The van der Waals surface area contributed by atoms with E-state index in [0.29, 0.717) is 0 Å². The van der Waals surface area contributed by atoms with Gasteiger partial charge in [0.25, 0.3) is 0 Å². The van der Waals surface area contributed by atoms with Crippen molar-refractivity contribution in [1.29, 1.82) is 0 Å². The first-order chi connectivity index (χ1) is 5.57. The van der Waals surface area contributed by atoms with Crippen molar-refractivity contribution in [3.8, 4) is 0 Å². The van der Waals surface area contributed by atoms with Crippen LogP contribution in [0.25, 0.3) is 0 Å². The molecule has 0 saturated heterocycles. The van der Waals surface area contributed by atoms with Gasteiger partial charge in [0, 0.05) is 6.42 Å². The van der Waals surface area contributed by atoms with Crippen LogP contribution in [0.2, 0.25) is 0 Å². The predicted molar refractivity (Wildman–Crippen MR) is 37.5 cm³/mol. The topological polar surface area (TPSA) is 104 Å². The molecule has 0 fully saturated rings. The minimum absolute atomic E-state index is 0.108. The third-order valence-corrected chi connectivity index (χ3v) is 1.21. The first kappa shape index (κ1) is 10.4. The molecule has 0 aliphatic rings. The van der Waals surface area contributed by atoms with Crippen molar-refractivity contribution in [2.24, 2.45) is 0 Å². The minimum atomic E-state index is -1.23. The summed E-state index contributed by atoms with van der Waals surface area (Å²) in [5.41, 5.74) is 0. The molecule has 0 aliphatic heterocycles. The second-order valence-electron chi connectivity index (χ2n) is 2.11. The van der Waals surface area contributed by atoms with Crippen molar-refractivity contribution in [1.82, 2.24) is 5.32 Å². The minimum Gasteiger partial charge on any atom is -0.481 e. The first-order valence-corrected chi connectivity index (χ1v) is 3.22. The fraction of sp³-hybridized carbons (Fsp3) is 0.500. The highest BCUT2D eigenvalue weighted by atomic mass is 16.4. The first-order valence-electron chi connectivity index (χ1n) is 3.22. The number of carbonyl (C=O) groups is 3. The number of amides is 1. The number of carbonyl (C=O) groups excluding carboxylic acids is 1. The number of carboxylic acids is 2. The fourth-order valence-electron chi connectivity index (χ4n) is 0.628. The Balaban J connectivity index is 3.86. The van der Waals surface area contributed by atoms with Crippen LogP contribution in [-0.2, 0) is 14.4 Å². The molecule has 3 N–H and O–H groups in total. The molecule has 68 valence electrons. The Labute approximate surface area is 68.2 Å². The smallest absolute Gasteiger partial charge is 0.326 e. The highest BCUT2D eigenvalue weighted by Crippen LogP contribution is 1.96. The van der Waals surface area contributed by atoms with Crippen LogP contribution in [0.5, 0.6) is 0 Å². The summed E-state index contributed by atoms with van der Waals surface area (Å²) in [6.45, 7) is 0. The largest absolute Gasteiger partial charge is 0.481 e. The Morgan fingerprint density at radius 1 is 1.42 bits per heavy atom. The van der Waals surface area contributed by atoms with Crippen LogP contribution >= 0.6 is 0 Å². The molecule has 0 radical (unpaired) electrons. The van der Waals surface area contributed by atoms with Crippen LogP contribution in [0.4, 0.5) is 0 Å². The molecule has 0 heterocycles. The fourth-order valence-corrected chi connectivity index (χ4v) is 0.628. The number of hydrogen-bond donors (Lipinski definition) is 3. The normalized spacial score (nSPS) is 11.7. The molecule has 6 heteroatoms. The lowest BCUT2D eigenvalue weighted by molar-refractivity contribution is -0.141. The molecule has 0 spiro atoms. The van der Waals surface area contributed by atoms with Crippen LogP contribution in [0.15, 0.2) is 0 Å². The summed E-state index contributed by atoms with van der Waals surface area (Å²) in [6, 6.07) is -1.11. The third kappa shape index (κ3) is 4.26. The van der Waals surface area contributed by atoms with Crippen molar-refractivity contribution in [3.63, 3.8) is 0 Å². The molecule has 1 unspecified atom stereocenters. The molecule has 0 aromatic carbocycles. The van der Waals surface area contributed by atoms with Crippen molar-refractivity contribution < 1.29 is 24.6 Å². The molecule has 0 aliphatic carbocycles. The van der Waals surface area contributed by atoms with Gasteiger partial charge in [-0.25, -0.2) is 4.79 Å². The van der Waals surface area contributed by atoms with Crippen LogP contribution in [-0.4, -0.2) is 34.6 Å². The molecule has 0 aromatic rings. The molecule has 1 atom stereocenters. The van der Waals surface area contributed by atoms with Gasteiger partial charge in [-0.05, 0) is 6.42 Å². The van der Waals surface area contributed by atoms with Crippen molar-refractivity contribution in [2.75, 3.05) is 0 Å². The van der Waals surface area contributed by atoms with Crippen molar-refractivity contribution in [2.45, 2.75) is 18.9 Å². The molecule has 6 nitrogen and oxygen atoms in total. The zero-order valence-corrected chi connectivity index (χ0v) is 6.19. The van der Waals surface area contributed by atoms with Crippen LogP contribution in [0.1, 0.15) is 12.8 Å². The van der Waals surface area contributed by atoms with Crippen LogP contribution in [0, 0.1) is 0 Å². The lowest BCUT2D eigenvalue weighted by Crippen LogP contribution is -2.36. The number of aliphatic carboxylic acids is 2. The third-order valence-electron chi connectivity index (χ3n) is 1.21. The second kappa shape index (κ2) is 5.11. The zero-order chi connectivity index (χ0) is 9.56. The maximum absolute atomic E-state index is 10.3. The van der Waals surface area contributed by atoms with Gasteiger partial charge in [-0.3, -0.25) is 9.59 Å². The van der Waals surface area contributed by atoms with Crippen molar-refractivity contribution >= 4 is 18.3 Å². The van der Waals surface area contributed by atoms with E-state index in [2.05, 4.69) is 0 Å². The zero-order valence-electron chi connectivity index (χ0n) is 6.19. The van der Waals surface area contributed by atoms with E-state index in [9.17, 15) is 14.4 Å². The Bertz CT molecular complexity index is 190. The summed E-state index contributed by atoms with van der Waals surface area (Å²) in [7, 11) is 0. The Kier molecular flexibility index (Phi) is 4.43. The van der Waals surface area contributed by atoms with Gasteiger partial charge in [-0.2, -0.15) is 0 Å². The molecular weight excluding hydrogens is 166 g/mol. The monoisotopic (exact) mass is 175 g/mol. The van der Waals surface area contributed by atoms with E-state index >= 15 is 0 Å². The van der Waals surface area contributed by atoms with E-state index in [4.69, 9.17) is 10.2 Å². The van der Waals surface area contributed by atoms with Gasteiger partial charge in [-0.15, -0.1) is 0 Å². The number of rotatable bonds is 6. The lowest BCUT2D eigenvalue weighted by atomic mass is 10.1. The standard InChI is InChI=1S/C6H9NO5/c8-3-7-4(6(11)12)1-2-5(9)10/h3-4H,1-2H2,(H,7,8)(H,9,10)(H,11,12). The molecule has 0 rings (SSSR count). The summed E-state index contributed by atoms with van der Waals surface area (Å²) >= 11 is 0. The highest BCUT2D eigenvalue weighted by molar-refractivity contribution is 5.77. The van der Waals surface area contributed by atoms with Gasteiger partial charge < -0.3 is 15.5 Å². The van der Waals surface area contributed by atoms with E-state index in [1.807, 2.05) is 5.32 Å². The molecule has 12 heavy (non-hydrogen) atoms. The van der Waals surface area contributed by atoms with Gasteiger partial charge >= 0.3 is 11.9 Å². The number of carboxylic acid groups (broad SMARTS) is 2. The van der Waals surface area contributed by atoms with Crippen molar-refractivity contribution in [3.05, 3.63) is 0 Å². The summed E-state index contributed by atoms with van der Waals surface area (Å²) in [4.78, 5) is 30.2. The Hall–Kier alpha value is -1.59. The highest BCUT2D eigenvalue weighted by Gasteiger charge is 2.16. The summed E-state index contributed by atoms with van der Waals surface area (Å²) < 4.78 is 0. The van der Waals surface area contributed by atoms with E-state index in [-0.39, 0.29) is 19.3 Å². The van der Waals surface area contributed by atoms with E-state index in [0.717, 1.165) is 0 Å². The SMILES string of the molecule is O=CNC(CCC(=O)O)C(=O)O.